The van der Waals surface area contributed by atoms with Crippen LogP contribution in [0.3, 0.4) is 0 Å². The van der Waals surface area contributed by atoms with Crippen molar-refractivity contribution in [1.29, 1.82) is 0 Å². The second-order valence-electron chi connectivity index (χ2n) is 6.52. The first-order chi connectivity index (χ1) is 13.0. The van der Waals surface area contributed by atoms with Crippen molar-refractivity contribution in [3.05, 3.63) is 71.9 Å². The largest absolute Gasteiger partial charge is 0.497 e. The lowest BCUT2D eigenvalue weighted by Gasteiger charge is -2.27. The lowest BCUT2D eigenvalue weighted by atomic mass is 10.0. The van der Waals surface area contributed by atoms with Crippen LogP contribution in [0.25, 0.3) is 11.3 Å². The monoisotopic (exact) mass is 363 g/mol. The average Bonchev–Trinajstić information content (AvgIpc) is 3.10. The predicted molar refractivity (Wildman–Crippen MR) is 107 cm³/mol. The van der Waals surface area contributed by atoms with Gasteiger partial charge in [0.15, 0.2) is 0 Å². The molecule has 0 aliphatic heterocycles. The van der Waals surface area contributed by atoms with Gasteiger partial charge in [0.25, 0.3) is 5.91 Å². The van der Waals surface area contributed by atoms with Crippen LogP contribution in [0.15, 0.2) is 60.7 Å². The Balaban J connectivity index is 1.86. The zero-order chi connectivity index (χ0) is 19.4. The summed E-state index contributed by atoms with van der Waals surface area (Å²) in [6.45, 7) is 2.08. The van der Waals surface area contributed by atoms with Gasteiger partial charge in [-0.05, 0) is 30.2 Å². The molecule has 1 heterocycles. The van der Waals surface area contributed by atoms with Gasteiger partial charge in [0.05, 0.1) is 18.8 Å². The Morgan fingerprint density at radius 3 is 2.41 bits per heavy atom. The Hall–Kier alpha value is -3.08. The summed E-state index contributed by atoms with van der Waals surface area (Å²) in [5.74, 6) is 0.761. The van der Waals surface area contributed by atoms with Gasteiger partial charge in [0.2, 0.25) is 0 Å². The first kappa shape index (κ1) is 18.7. The minimum Gasteiger partial charge on any atom is -0.497 e. The van der Waals surface area contributed by atoms with E-state index in [2.05, 4.69) is 12.0 Å². The number of ether oxygens (including phenoxy) is 1. The number of aromatic nitrogens is 2. The molecule has 2 aromatic carbocycles. The molecule has 0 bridgehead atoms. The third-order valence-corrected chi connectivity index (χ3v) is 4.84. The topological polar surface area (TPSA) is 47.4 Å². The predicted octanol–water partition coefficient (Wildman–Crippen LogP) is 4.32. The van der Waals surface area contributed by atoms with E-state index < -0.39 is 0 Å². The van der Waals surface area contributed by atoms with Crippen molar-refractivity contribution in [2.75, 3.05) is 14.2 Å². The van der Waals surface area contributed by atoms with Crippen LogP contribution in [0.4, 0.5) is 0 Å². The first-order valence-corrected chi connectivity index (χ1v) is 9.05. The minimum absolute atomic E-state index is 0.0153. The van der Waals surface area contributed by atoms with Crippen molar-refractivity contribution in [2.45, 2.75) is 19.4 Å². The van der Waals surface area contributed by atoms with E-state index in [0.29, 0.717) is 5.69 Å². The zero-order valence-electron chi connectivity index (χ0n) is 16.2. The number of amides is 1. The van der Waals surface area contributed by atoms with Gasteiger partial charge >= 0.3 is 0 Å². The number of aryl methyl sites for hydroxylation is 1. The van der Waals surface area contributed by atoms with Crippen molar-refractivity contribution >= 4 is 5.91 Å². The van der Waals surface area contributed by atoms with E-state index >= 15 is 0 Å². The molecule has 140 valence electrons. The molecule has 0 N–H and O–H groups in total. The molecule has 0 unspecified atom stereocenters. The minimum atomic E-state index is -0.0464. The number of carbonyl (C=O) groups excluding carboxylic acids is 1. The molecule has 0 saturated carbocycles. The Labute approximate surface area is 160 Å². The molecule has 5 heteroatoms. The van der Waals surface area contributed by atoms with Gasteiger partial charge in [-0.3, -0.25) is 9.48 Å². The highest BCUT2D eigenvalue weighted by Crippen LogP contribution is 2.27. The summed E-state index contributed by atoms with van der Waals surface area (Å²) in [6.07, 6.45) is 0.817. The quantitative estimate of drug-likeness (QED) is 0.655. The standard InChI is InChI=1S/C22H25N3O2/c1-5-20(17-11-13-18(27-4)14-12-17)24(2)22(26)21-15-19(23-25(21)3)16-9-7-6-8-10-16/h6-15,20H,5H2,1-4H3/t20-/m0/s1. The van der Waals surface area contributed by atoms with E-state index in [0.717, 1.165) is 29.0 Å². The van der Waals surface area contributed by atoms with Crippen molar-refractivity contribution < 1.29 is 9.53 Å². The molecule has 3 aromatic rings. The molecule has 3 rings (SSSR count). The van der Waals surface area contributed by atoms with E-state index in [-0.39, 0.29) is 11.9 Å². The number of methoxy groups -OCH3 is 1. The van der Waals surface area contributed by atoms with Crippen LogP contribution in [0.1, 0.15) is 35.4 Å². The highest BCUT2D eigenvalue weighted by molar-refractivity contribution is 5.93. The lowest BCUT2D eigenvalue weighted by Crippen LogP contribution is -2.32. The van der Waals surface area contributed by atoms with Crippen molar-refractivity contribution in [3.63, 3.8) is 0 Å². The van der Waals surface area contributed by atoms with Gasteiger partial charge in [-0.1, -0.05) is 49.4 Å². The zero-order valence-corrected chi connectivity index (χ0v) is 16.2. The molecule has 1 aromatic heterocycles. The SMILES string of the molecule is CC[C@@H](c1ccc(OC)cc1)N(C)C(=O)c1cc(-c2ccccc2)nn1C. The fraction of sp³-hybridized carbons (Fsp3) is 0.273. The number of hydrogen-bond acceptors (Lipinski definition) is 3. The van der Waals surface area contributed by atoms with E-state index in [1.165, 1.54) is 0 Å². The van der Waals surface area contributed by atoms with E-state index in [1.807, 2.05) is 74.8 Å². The maximum atomic E-state index is 13.1. The van der Waals surface area contributed by atoms with Crippen LogP contribution in [0, 0.1) is 0 Å². The molecular formula is C22H25N3O2. The summed E-state index contributed by atoms with van der Waals surface area (Å²) < 4.78 is 6.88. The molecule has 1 amide bonds. The summed E-state index contributed by atoms with van der Waals surface area (Å²) in [6, 6.07) is 19.6. The summed E-state index contributed by atoms with van der Waals surface area (Å²) in [7, 11) is 5.30. The molecule has 0 spiro atoms. The van der Waals surface area contributed by atoms with Crippen molar-refractivity contribution in [1.82, 2.24) is 14.7 Å². The average molecular weight is 363 g/mol. The van der Waals surface area contributed by atoms with Gasteiger partial charge < -0.3 is 9.64 Å². The smallest absolute Gasteiger partial charge is 0.272 e. The molecule has 5 nitrogen and oxygen atoms in total. The highest BCUT2D eigenvalue weighted by atomic mass is 16.5. The summed E-state index contributed by atoms with van der Waals surface area (Å²) in [5.41, 5.74) is 3.45. The van der Waals surface area contributed by atoms with E-state index in [1.54, 1.807) is 16.7 Å². The molecule has 0 radical (unpaired) electrons. The Morgan fingerprint density at radius 1 is 1.15 bits per heavy atom. The summed E-state index contributed by atoms with van der Waals surface area (Å²) >= 11 is 0. The molecule has 0 aliphatic rings. The fourth-order valence-corrected chi connectivity index (χ4v) is 3.30. The van der Waals surface area contributed by atoms with Crippen LogP contribution < -0.4 is 4.74 Å². The third kappa shape index (κ3) is 3.87. The third-order valence-electron chi connectivity index (χ3n) is 4.84. The van der Waals surface area contributed by atoms with Crippen LogP contribution in [0.5, 0.6) is 5.75 Å². The summed E-state index contributed by atoms with van der Waals surface area (Å²) in [4.78, 5) is 14.9. The van der Waals surface area contributed by atoms with Crippen LogP contribution >= 0.6 is 0 Å². The normalized spacial score (nSPS) is 11.9. The maximum absolute atomic E-state index is 13.1. The first-order valence-electron chi connectivity index (χ1n) is 9.05. The molecule has 0 saturated heterocycles. The molecular weight excluding hydrogens is 338 g/mol. The van der Waals surface area contributed by atoms with Crippen molar-refractivity contribution in [2.24, 2.45) is 7.05 Å². The number of nitrogens with zero attached hydrogens (tertiary/aromatic N) is 3. The van der Waals surface area contributed by atoms with Gasteiger partial charge in [0.1, 0.15) is 11.4 Å². The highest BCUT2D eigenvalue weighted by Gasteiger charge is 2.24. The van der Waals surface area contributed by atoms with Gasteiger partial charge in [-0.15, -0.1) is 0 Å². The van der Waals surface area contributed by atoms with Crippen LogP contribution in [0.2, 0.25) is 0 Å². The Morgan fingerprint density at radius 2 is 1.81 bits per heavy atom. The summed E-state index contributed by atoms with van der Waals surface area (Å²) in [5, 5.41) is 4.52. The van der Waals surface area contributed by atoms with Gasteiger partial charge in [-0.25, -0.2) is 0 Å². The number of benzene rings is 2. The van der Waals surface area contributed by atoms with Gasteiger partial charge in [-0.2, -0.15) is 5.10 Å². The molecule has 27 heavy (non-hydrogen) atoms. The van der Waals surface area contributed by atoms with Crippen LogP contribution in [-0.2, 0) is 7.05 Å². The Kier molecular flexibility index (Phi) is 5.60. The second-order valence-corrected chi connectivity index (χ2v) is 6.52. The molecule has 0 aliphatic carbocycles. The van der Waals surface area contributed by atoms with Crippen molar-refractivity contribution in [3.8, 4) is 17.0 Å². The van der Waals surface area contributed by atoms with Crippen LogP contribution in [-0.4, -0.2) is 34.7 Å². The Bertz CT molecular complexity index is 901. The molecule has 1 atom stereocenters. The van der Waals surface area contributed by atoms with E-state index in [4.69, 9.17) is 4.74 Å². The lowest BCUT2D eigenvalue weighted by molar-refractivity contribution is 0.0715. The number of carbonyl (C=O) groups is 1. The fourth-order valence-electron chi connectivity index (χ4n) is 3.30. The molecule has 0 fully saturated rings. The van der Waals surface area contributed by atoms with E-state index in [9.17, 15) is 4.79 Å². The second kappa shape index (κ2) is 8.08. The maximum Gasteiger partial charge on any atom is 0.272 e. The number of hydrogen-bond donors (Lipinski definition) is 0. The number of rotatable bonds is 6. The van der Waals surface area contributed by atoms with Gasteiger partial charge in [0, 0.05) is 19.7 Å².